The zero-order chi connectivity index (χ0) is 88.1. The molecule has 0 spiro atoms. The van der Waals surface area contributed by atoms with Gasteiger partial charge < -0.3 is 0 Å². The number of hydrogen-bond acceptors (Lipinski definition) is 7. The zero-order valence-electron chi connectivity index (χ0n) is 74.4. The van der Waals surface area contributed by atoms with E-state index in [0.29, 0.717) is 0 Å². The lowest BCUT2D eigenvalue weighted by molar-refractivity contribution is 1.14. The van der Waals surface area contributed by atoms with Crippen LogP contribution in [0.4, 0.5) is 0 Å². The quantitative estimate of drug-likeness (QED) is 0.110. The van der Waals surface area contributed by atoms with Crippen molar-refractivity contribution >= 4 is 130 Å². The van der Waals surface area contributed by atoms with E-state index in [1.165, 1.54) is 247 Å². The highest BCUT2D eigenvalue weighted by Gasteiger charge is 2.30. The lowest BCUT2D eigenvalue weighted by Gasteiger charge is -2.11. The largest absolute Gasteiger partial charge is 0.256 e. The van der Waals surface area contributed by atoms with Crippen molar-refractivity contribution in [3.63, 3.8) is 0 Å². The highest BCUT2D eigenvalue weighted by molar-refractivity contribution is 6.15. The number of aromatic nitrogens is 7. The van der Waals surface area contributed by atoms with Crippen molar-refractivity contribution in [2.45, 2.75) is 110 Å². The van der Waals surface area contributed by atoms with Crippen LogP contribution in [0.2, 0.25) is 0 Å². The summed E-state index contributed by atoms with van der Waals surface area (Å²) in [5.41, 5.74) is 46.8. The van der Waals surface area contributed by atoms with Crippen LogP contribution in [0.25, 0.3) is 197 Å². The summed E-state index contributed by atoms with van der Waals surface area (Å²) in [5.74, 6) is 0. The van der Waals surface area contributed by atoms with Gasteiger partial charge in [-0.15, -0.1) is 0 Å². The minimum absolute atomic E-state index is 0. The lowest BCUT2D eigenvalue weighted by Crippen LogP contribution is -1.93. The van der Waals surface area contributed by atoms with E-state index in [1.54, 1.807) is 0 Å². The molecule has 6 aliphatic carbocycles. The Labute approximate surface area is 795 Å². The molecule has 0 aliphatic heterocycles. The van der Waals surface area contributed by atoms with E-state index in [-0.39, 0.29) is 29.7 Å². The minimum Gasteiger partial charge on any atom is -0.256 e. The number of fused-ring (bicyclic) bond motifs is 38. The molecular formula is C129H105N7. The van der Waals surface area contributed by atoms with Crippen LogP contribution < -0.4 is 0 Å². The van der Waals surface area contributed by atoms with Gasteiger partial charge in [-0.3, -0.25) is 34.9 Å². The number of aryl methyl sites for hydroxylation is 6. The predicted molar refractivity (Wildman–Crippen MR) is 578 cm³/mol. The third-order valence-corrected chi connectivity index (χ3v) is 28.8. The highest BCUT2D eigenvalue weighted by Crippen LogP contribution is 2.50. The first kappa shape index (κ1) is 86.6. The van der Waals surface area contributed by atoms with Crippen molar-refractivity contribution in [1.29, 1.82) is 0 Å². The Morgan fingerprint density at radius 3 is 1.24 bits per heavy atom. The van der Waals surface area contributed by atoms with E-state index in [4.69, 9.17) is 29.9 Å². The Morgan fingerprint density at radius 2 is 0.625 bits per heavy atom. The molecule has 656 valence electrons. The molecule has 7 heterocycles. The van der Waals surface area contributed by atoms with Crippen LogP contribution >= 0.6 is 0 Å². The van der Waals surface area contributed by atoms with Crippen LogP contribution in [0.1, 0.15) is 130 Å². The van der Waals surface area contributed by atoms with Crippen LogP contribution in [0.5, 0.6) is 0 Å². The molecule has 7 aromatic heterocycles. The second-order valence-electron chi connectivity index (χ2n) is 36.6. The second-order valence-corrected chi connectivity index (χ2v) is 36.6. The summed E-state index contributed by atoms with van der Waals surface area (Å²) in [4.78, 5) is 33.2. The highest BCUT2D eigenvalue weighted by atomic mass is 14.8. The molecular weight excluding hydrogens is 1650 g/mol. The molecule has 6 aliphatic rings. The van der Waals surface area contributed by atoms with Gasteiger partial charge in [-0.2, -0.15) is 0 Å². The molecule has 0 saturated carbocycles. The van der Waals surface area contributed by atoms with E-state index in [9.17, 15) is 0 Å². The Bertz CT molecular complexity index is 8820. The van der Waals surface area contributed by atoms with Crippen molar-refractivity contribution in [2.75, 3.05) is 0 Å². The van der Waals surface area contributed by atoms with Gasteiger partial charge >= 0.3 is 0 Å². The maximum atomic E-state index is 4.88. The van der Waals surface area contributed by atoms with Gasteiger partial charge in [-0.05, 0) is 324 Å². The summed E-state index contributed by atoms with van der Waals surface area (Å²) in [7, 11) is 0. The molecule has 0 atom stereocenters. The molecule has 0 bridgehead atoms. The minimum atomic E-state index is 0. The van der Waals surface area contributed by atoms with Gasteiger partial charge in [-0.25, -0.2) is 0 Å². The standard InChI is InChI=1S/C22H16.3C21H15N.2C20H14N2.4CH4/c1-14-5-4-8-19-20(14)13-18-10-9-17-11-15-6-2-3-7-16(15)12-21(17)22(18)19;1-13-17-8-4-2-7-15(17)11-19-20-16(12-22-21(13)19)10-14-6-3-5-9-18(14)20;1-13-18-11-16-8-4-5-9-17(16)21(18)19-10-14-6-2-3-7-15(14)12-20(19)22-13;1-13-8-9-22-21-18(13)12-17-7-6-16-10-14-4-2-3-5-15(14)11-19(16)20(17)21;1-12-9-17-18-14(10-13-5-2-3-6-16(13)18)11-22-20(17)19-15(12)7-4-8-21-19;1-12-6-7-13-8-9-17-18-15(11-21-20(17)19(13)22-12)10-14-4-2-3-5-16(14)18;;;;/h2-12H,13H2,1H3;2-9,11-12H,10H2,1H3;2-10,12H,11H2,1H3;2-11H,12H2,1H3;2*2-9,11H,10H2,1H3;4*1H4. The number of pyridine rings is 7. The van der Waals surface area contributed by atoms with E-state index in [2.05, 4.69) is 367 Å². The Kier molecular flexibility index (Phi) is 22.2. The van der Waals surface area contributed by atoms with E-state index in [0.717, 1.165) is 88.4 Å². The Balaban J connectivity index is 0.0000000970. The number of hydrogen-bond donors (Lipinski definition) is 0. The SMILES string of the molecule is C.C.C.C.Cc1c2ccccc2cc2c3c(cnc12)Cc1ccccc1-3.Cc1cc2c3c(cnc2c2ncccc12)Cc1ccccc1-3.Cc1ccc2ccc3c4c(cnc3c2n1)Cc1ccccc1-4.Cc1cccc2c1Cc1ccc3cc4ccccc4cc3c1-2.Cc1ccnc2c1Cc1ccc3cc4ccccc4cc3c1-2.Cc1nc2cc3ccccc3cc2c2c1Cc1ccccc1-2. The van der Waals surface area contributed by atoms with E-state index < -0.39 is 0 Å². The van der Waals surface area contributed by atoms with Crippen LogP contribution in [0, 0.1) is 41.5 Å². The molecule has 7 heteroatoms. The molecule has 24 aromatic rings. The monoisotopic (exact) mass is 1750 g/mol. The molecule has 17 aromatic carbocycles. The van der Waals surface area contributed by atoms with Crippen LogP contribution in [0.15, 0.2) is 359 Å². The van der Waals surface area contributed by atoms with Crippen molar-refractivity contribution in [3.05, 3.63) is 459 Å². The average molecular weight is 1750 g/mol. The van der Waals surface area contributed by atoms with Gasteiger partial charge in [0.05, 0.1) is 38.8 Å². The first-order valence-corrected chi connectivity index (χ1v) is 46.1. The Hall–Kier alpha value is -16.1. The van der Waals surface area contributed by atoms with Gasteiger partial charge in [-0.1, -0.05) is 291 Å². The molecule has 0 unspecified atom stereocenters. The fourth-order valence-electron chi connectivity index (χ4n) is 22.4. The average Bonchev–Trinajstić information content (AvgIpc) is 1.62. The number of nitrogens with zero attached hydrogens (tertiary/aromatic N) is 7. The van der Waals surface area contributed by atoms with Crippen molar-refractivity contribution in [3.8, 4) is 66.9 Å². The first-order valence-electron chi connectivity index (χ1n) is 46.1. The fraction of sp³-hybridized carbons (Fsp3) is 0.124. The third-order valence-electron chi connectivity index (χ3n) is 28.8. The fourth-order valence-corrected chi connectivity index (χ4v) is 22.4. The summed E-state index contributed by atoms with van der Waals surface area (Å²) >= 11 is 0. The van der Waals surface area contributed by atoms with Crippen LogP contribution in [-0.4, -0.2) is 34.9 Å². The summed E-state index contributed by atoms with van der Waals surface area (Å²) in [6.07, 6.45) is 16.0. The van der Waals surface area contributed by atoms with E-state index >= 15 is 0 Å². The second kappa shape index (κ2) is 34.8. The van der Waals surface area contributed by atoms with Gasteiger partial charge in [0, 0.05) is 112 Å². The topological polar surface area (TPSA) is 90.2 Å². The van der Waals surface area contributed by atoms with Crippen molar-refractivity contribution in [2.24, 2.45) is 0 Å². The first-order chi connectivity index (χ1) is 64.9. The Morgan fingerprint density at radius 1 is 0.206 bits per heavy atom. The van der Waals surface area contributed by atoms with Gasteiger partial charge in [0.25, 0.3) is 0 Å². The molecule has 136 heavy (non-hydrogen) atoms. The maximum absolute atomic E-state index is 4.88. The normalized spacial score (nSPS) is 12.2. The number of benzene rings is 17. The smallest absolute Gasteiger partial charge is 0.0971 e. The number of rotatable bonds is 0. The zero-order valence-corrected chi connectivity index (χ0v) is 74.4. The summed E-state index contributed by atoms with van der Waals surface area (Å²) < 4.78 is 0. The molecule has 0 saturated heterocycles. The summed E-state index contributed by atoms with van der Waals surface area (Å²) in [5, 5.41) is 23.1. The summed E-state index contributed by atoms with van der Waals surface area (Å²) in [6.45, 7) is 12.9. The molecule has 0 N–H and O–H groups in total. The van der Waals surface area contributed by atoms with Crippen LogP contribution in [-0.2, 0) is 38.5 Å². The van der Waals surface area contributed by atoms with Gasteiger partial charge in [0.1, 0.15) is 0 Å². The molecule has 7 nitrogen and oxygen atoms in total. The van der Waals surface area contributed by atoms with Gasteiger partial charge in [0.2, 0.25) is 0 Å². The van der Waals surface area contributed by atoms with Crippen molar-refractivity contribution < 1.29 is 0 Å². The lowest BCUT2D eigenvalue weighted by atomic mass is 9.95. The third kappa shape index (κ3) is 14.5. The van der Waals surface area contributed by atoms with Gasteiger partial charge in [0.15, 0.2) is 0 Å². The molecule has 0 fully saturated rings. The molecule has 30 rings (SSSR count). The van der Waals surface area contributed by atoms with Crippen molar-refractivity contribution in [1.82, 2.24) is 34.9 Å². The molecule has 0 radical (unpaired) electrons. The summed E-state index contributed by atoms with van der Waals surface area (Å²) in [6, 6.07) is 118. The van der Waals surface area contributed by atoms with E-state index in [1.807, 2.05) is 37.8 Å². The maximum Gasteiger partial charge on any atom is 0.0971 e. The molecule has 0 amide bonds. The predicted octanol–water partition coefficient (Wildman–Crippen LogP) is 33.5. The van der Waals surface area contributed by atoms with Crippen LogP contribution in [0.3, 0.4) is 0 Å².